The number of carbonyl (C=O) groups excluding carboxylic acids is 1. The Labute approximate surface area is 139 Å². The van der Waals surface area contributed by atoms with Gasteiger partial charge in [-0.1, -0.05) is 0 Å². The van der Waals surface area contributed by atoms with Crippen molar-refractivity contribution < 1.29 is 18.1 Å². The first-order chi connectivity index (χ1) is 11.1. The third-order valence-electron chi connectivity index (χ3n) is 3.41. The minimum Gasteiger partial charge on any atom is -0.322 e. The lowest BCUT2D eigenvalue weighted by molar-refractivity contribution is -0.384. The first kappa shape index (κ1) is 17.6. The predicted octanol–water partition coefficient (Wildman–Crippen LogP) is 2.87. The number of hydrogen-bond donors (Lipinski definition) is 1. The molecule has 0 saturated heterocycles. The molecule has 7 nitrogen and oxygen atoms in total. The van der Waals surface area contributed by atoms with E-state index in [9.17, 15) is 23.3 Å². The Hall–Kier alpha value is -2.74. The molecule has 24 heavy (non-hydrogen) atoms. The van der Waals surface area contributed by atoms with Gasteiger partial charge in [-0.2, -0.15) is 0 Å². The minimum absolute atomic E-state index is 0.157. The molecule has 0 spiro atoms. The molecule has 0 aliphatic carbocycles. The SMILES string of the molecule is Cc1cc(C(=O)Nc2ccc(S(C)(=O)=O)cc2C)cc([N+](=O)[O-])c1. The van der Waals surface area contributed by atoms with Crippen molar-refractivity contribution in [3.8, 4) is 0 Å². The summed E-state index contributed by atoms with van der Waals surface area (Å²) in [7, 11) is -3.33. The Morgan fingerprint density at radius 2 is 1.79 bits per heavy atom. The molecule has 2 aromatic carbocycles. The van der Waals surface area contributed by atoms with E-state index in [0.717, 1.165) is 6.26 Å². The normalized spacial score (nSPS) is 11.1. The Morgan fingerprint density at radius 3 is 2.33 bits per heavy atom. The van der Waals surface area contributed by atoms with Crippen LogP contribution in [0.2, 0.25) is 0 Å². The number of hydrogen-bond acceptors (Lipinski definition) is 5. The molecule has 0 radical (unpaired) electrons. The lowest BCUT2D eigenvalue weighted by Crippen LogP contribution is -2.13. The summed E-state index contributed by atoms with van der Waals surface area (Å²) in [6.07, 6.45) is 1.10. The van der Waals surface area contributed by atoms with Gasteiger partial charge in [-0.25, -0.2) is 8.42 Å². The molecule has 1 N–H and O–H groups in total. The maximum absolute atomic E-state index is 12.3. The zero-order chi connectivity index (χ0) is 18.1. The van der Waals surface area contributed by atoms with Crippen LogP contribution < -0.4 is 5.32 Å². The molecule has 2 aromatic rings. The number of amides is 1. The molecule has 0 aliphatic rings. The van der Waals surface area contributed by atoms with Gasteiger partial charge in [0.05, 0.1) is 9.82 Å². The molecular weight excluding hydrogens is 332 g/mol. The lowest BCUT2D eigenvalue weighted by Gasteiger charge is -2.10. The Bertz CT molecular complexity index is 935. The lowest BCUT2D eigenvalue weighted by atomic mass is 10.1. The average molecular weight is 348 g/mol. The molecule has 0 aromatic heterocycles. The molecule has 0 aliphatic heterocycles. The van der Waals surface area contributed by atoms with Crippen molar-refractivity contribution in [2.75, 3.05) is 11.6 Å². The average Bonchev–Trinajstić information content (AvgIpc) is 2.47. The van der Waals surface area contributed by atoms with Gasteiger partial charge in [-0.05, 0) is 49.2 Å². The molecule has 0 atom stereocenters. The molecule has 126 valence electrons. The van der Waals surface area contributed by atoms with Crippen LogP contribution in [0.4, 0.5) is 11.4 Å². The standard InChI is InChI=1S/C16H16N2O5S/c1-10-6-12(9-13(7-10)18(20)21)16(19)17-15-5-4-14(8-11(15)2)24(3,22)23/h4-9H,1-3H3,(H,17,19). The number of benzene rings is 2. The van der Waals surface area contributed by atoms with E-state index in [1.165, 1.54) is 30.3 Å². The fraction of sp³-hybridized carbons (Fsp3) is 0.188. The summed E-state index contributed by atoms with van der Waals surface area (Å²) in [5, 5.41) is 13.5. The van der Waals surface area contributed by atoms with Crippen molar-refractivity contribution in [2.45, 2.75) is 18.7 Å². The molecule has 0 fully saturated rings. The summed E-state index contributed by atoms with van der Waals surface area (Å²) in [5.41, 5.74) is 1.61. The zero-order valence-corrected chi connectivity index (χ0v) is 14.2. The molecule has 1 amide bonds. The van der Waals surface area contributed by atoms with Crippen LogP contribution in [0.25, 0.3) is 0 Å². The van der Waals surface area contributed by atoms with Gasteiger partial charge >= 0.3 is 0 Å². The van der Waals surface area contributed by atoms with E-state index in [1.54, 1.807) is 19.9 Å². The summed E-state index contributed by atoms with van der Waals surface area (Å²) in [4.78, 5) is 22.8. The van der Waals surface area contributed by atoms with Crippen LogP contribution in [-0.4, -0.2) is 25.5 Å². The number of carbonyl (C=O) groups is 1. The maximum Gasteiger partial charge on any atom is 0.270 e. The number of nitro benzene ring substituents is 1. The van der Waals surface area contributed by atoms with E-state index in [4.69, 9.17) is 0 Å². The number of sulfone groups is 1. The van der Waals surface area contributed by atoms with E-state index in [1.807, 2.05) is 0 Å². The molecule has 0 unspecified atom stereocenters. The smallest absolute Gasteiger partial charge is 0.270 e. The van der Waals surface area contributed by atoms with E-state index in [-0.39, 0.29) is 16.1 Å². The van der Waals surface area contributed by atoms with Gasteiger partial charge in [0.25, 0.3) is 11.6 Å². The van der Waals surface area contributed by atoms with Crippen LogP contribution in [-0.2, 0) is 9.84 Å². The quantitative estimate of drug-likeness (QED) is 0.675. The van der Waals surface area contributed by atoms with Crippen molar-refractivity contribution in [2.24, 2.45) is 0 Å². The van der Waals surface area contributed by atoms with Crippen molar-refractivity contribution >= 4 is 27.1 Å². The monoisotopic (exact) mass is 348 g/mol. The van der Waals surface area contributed by atoms with Crippen LogP contribution in [0.3, 0.4) is 0 Å². The van der Waals surface area contributed by atoms with E-state index >= 15 is 0 Å². The molecule has 0 bridgehead atoms. The van der Waals surface area contributed by atoms with Crippen LogP contribution in [0, 0.1) is 24.0 Å². The van der Waals surface area contributed by atoms with Crippen LogP contribution in [0.15, 0.2) is 41.3 Å². The van der Waals surface area contributed by atoms with E-state index < -0.39 is 20.7 Å². The van der Waals surface area contributed by atoms with Crippen LogP contribution in [0.5, 0.6) is 0 Å². The number of rotatable bonds is 4. The van der Waals surface area contributed by atoms with Gasteiger partial charge in [0.1, 0.15) is 0 Å². The number of nitrogens with one attached hydrogen (secondary N) is 1. The number of aryl methyl sites for hydroxylation is 2. The highest BCUT2D eigenvalue weighted by atomic mass is 32.2. The van der Waals surface area contributed by atoms with Crippen molar-refractivity contribution in [1.82, 2.24) is 0 Å². The topological polar surface area (TPSA) is 106 Å². The van der Waals surface area contributed by atoms with Crippen molar-refractivity contribution in [3.05, 3.63) is 63.2 Å². The minimum atomic E-state index is -3.33. The third-order valence-corrected chi connectivity index (χ3v) is 4.52. The first-order valence-electron chi connectivity index (χ1n) is 6.96. The van der Waals surface area contributed by atoms with Gasteiger partial charge in [0.2, 0.25) is 0 Å². The first-order valence-corrected chi connectivity index (χ1v) is 8.85. The van der Waals surface area contributed by atoms with Crippen molar-refractivity contribution in [1.29, 1.82) is 0 Å². The number of nitro groups is 1. The predicted molar refractivity (Wildman–Crippen MR) is 90.1 cm³/mol. The maximum atomic E-state index is 12.3. The second-order valence-electron chi connectivity index (χ2n) is 5.52. The van der Waals surface area contributed by atoms with Gasteiger partial charge in [0, 0.05) is 29.6 Å². The second-order valence-corrected chi connectivity index (χ2v) is 7.53. The van der Waals surface area contributed by atoms with Gasteiger partial charge in [-0.3, -0.25) is 14.9 Å². The largest absolute Gasteiger partial charge is 0.322 e. The van der Waals surface area contributed by atoms with Crippen LogP contribution >= 0.6 is 0 Å². The number of nitrogens with zero attached hydrogens (tertiary/aromatic N) is 1. The van der Waals surface area contributed by atoms with Gasteiger partial charge in [-0.15, -0.1) is 0 Å². The Balaban J connectivity index is 2.32. The number of anilines is 1. The summed E-state index contributed by atoms with van der Waals surface area (Å²) < 4.78 is 23.1. The highest BCUT2D eigenvalue weighted by Crippen LogP contribution is 2.22. The zero-order valence-electron chi connectivity index (χ0n) is 13.4. The Morgan fingerprint density at radius 1 is 1.12 bits per heavy atom. The molecule has 0 saturated carbocycles. The van der Waals surface area contributed by atoms with Crippen molar-refractivity contribution in [3.63, 3.8) is 0 Å². The summed E-state index contributed by atoms with van der Waals surface area (Å²) in [5.74, 6) is -0.503. The summed E-state index contributed by atoms with van der Waals surface area (Å²) >= 11 is 0. The van der Waals surface area contributed by atoms with Gasteiger partial charge < -0.3 is 5.32 Å². The molecule has 8 heteroatoms. The molecule has 2 rings (SSSR count). The third kappa shape index (κ3) is 3.96. The molecular formula is C16H16N2O5S. The highest BCUT2D eigenvalue weighted by molar-refractivity contribution is 7.90. The summed E-state index contributed by atoms with van der Waals surface area (Å²) in [6.45, 7) is 3.33. The van der Waals surface area contributed by atoms with E-state index in [0.29, 0.717) is 16.8 Å². The van der Waals surface area contributed by atoms with Crippen LogP contribution in [0.1, 0.15) is 21.5 Å². The Kier molecular flexibility index (Phi) is 4.70. The fourth-order valence-electron chi connectivity index (χ4n) is 2.20. The molecule has 0 heterocycles. The summed E-state index contributed by atoms with van der Waals surface area (Å²) in [6, 6.07) is 8.47. The highest BCUT2D eigenvalue weighted by Gasteiger charge is 2.15. The fourth-order valence-corrected chi connectivity index (χ4v) is 2.91. The van der Waals surface area contributed by atoms with Gasteiger partial charge in [0.15, 0.2) is 9.84 Å². The second kappa shape index (κ2) is 6.40. The number of non-ortho nitro benzene ring substituents is 1. The van der Waals surface area contributed by atoms with E-state index in [2.05, 4.69) is 5.32 Å².